The van der Waals surface area contributed by atoms with Gasteiger partial charge in [0.15, 0.2) is 0 Å². The summed E-state index contributed by atoms with van der Waals surface area (Å²) in [5, 5.41) is 3.56. The molecular weight excluding hydrogens is 314 g/mol. The molecule has 0 bridgehead atoms. The van der Waals surface area contributed by atoms with E-state index in [2.05, 4.69) is 10.2 Å². The highest BCUT2D eigenvalue weighted by molar-refractivity contribution is 6.31. The largest absolute Gasteiger partial charge is 0.340 e. The summed E-state index contributed by atoms with van der Waals surface area (Å²) in [5.41, 5.74) is 1.63. The van der Waals surface area contributed by atoms with Crippen LogP contribution in [0.2, 0.25) is 5.02 Å². The number of nitrogens with zero attached hydrogens (tertiary/aromatic N) is 2. The fraction of sp³-hybridized carbons (Fsp3) is 0.529. The number of piperazine rings is 1. The van der Waals surface area contributed by atoms with Crippen LogP contribution in [-0.2, 0) is 9.59 Å². The molecule has 6 heteroatoms. The first-order valence-electron chi connectivity index (χ1n) is 8.10. The Labute approximate surface area is 141 Å². The maximum Gasteiger partial charge on any atom is 0.238 e. The lowest BCUT2D eigenvalue weighted by Crippen LogP contribution is -2.50. The van der Waals surface area contributed by atoms with Gasteiger partial charge in [0.25, 0.3) is 0 Å². The Morgan fingerprint density at radius 2 is 1.91 bits per heavy atom. The second-order valence-corrected chi connectivity index (χ2v) is 6.74. The quantitative estimate of drug-likeness (QED) is 0.917. The van der Waals surface area contributed by atoms with Crippen LogP contribution in [0.25, 0.3) is 0 Å². The Balaban J connectivity index is 1.47. The number of carbonyl (C=O) groups excluding carboxylic acids is 2. The summed E-state index contributed by atoms with van der Waals surface area (Å²) in [6, 6.07) is 5.49. The fourth-order valence-corrected chi connectivity index (χ4v) is 3.03. The van der Waals surface area contributed by atoms with Gasteiger partial charge >= 0.3 is 0 Å². The molecule has 2 aliphatic rings. The molecule has 1 aromatic rings. The number of rotatable bonds is 4. The highest BCUT2D eigenvalue weighted by atomic mass is 35.5. The van der Waals surface area contributed by atoms with Crippen molar-refractivity contribution < 1.29 is 9.59 Å². The van der Waals surface area contributed by atoms with Gasteiger partial charge in [-0.3, -0.25) is 14.5 Å². The number of hydrogen-bond acceptors (Lipinski definition) is 3. The van der Waals surface area contributed by atoms with Crippen molar-refractivity contribution in [3.8, 4) is 0 Å². The lowest BCUT2D eigenvalue weighted by Gasteiger charge is -2.34. The van der Waals surface area contributed by atoms with Gasteiger partial charge in [-0.05, 0) is 37.5 Å². The van der Waals surface area contributed by atoms with E-state index in [0.29, 0.717) is 17.5 Å². The number of benzene rings is 1. The summed E-state index contributed by atoms with van der Waals surface area (Å²) >= 11 is 6.07. The summed E-state index contributed by atoms with van der Waals surface area (Å²) in [6.07, 6.45) is 2.08. The van der Waals surface area contributed by atoms with E-state index in [4.69, 9.17) is 11.6 Å². The SMILES string of the molecule is Cc1c(Cl)cccc1NC(=O)CN1CCN(C(=O)C2CC2)CC1. The lowest BCUT2D eigenvalue weighted by atomic mass is 10.2. The first kappa shape index (κ1) is 16.3. The number of anilines is 1. The van der Waals surface area contributed by atoms with Gasteiger partial charge in [-0.15, -0.1) is 0 Å². The van der Waals surface area contributed by atoms with Gasteiger partial charge in [-0.25, -0.2) is 0 Å². The van der Waals surface area contributed by atoms with Crippen molar-refractivity contribution in [1.29, 1.82) is 0 Å². The molecule has 1 aliphatic heterocycles. The number of hydrogen-bond donors (Lipinski definition) is 1. The maximum atomic E-state index is 12.2. The zero-order valence-corrected chi connectivity index (χ0v) is 14.1. The van der Waals surface area contributed by atoms with Gasteiger partial charge in [-0.1, -0.05) is 17.7 Å². The average molecular weight is 336 g/mol. The van der Waals surface area contributed by atoms with Crippen LogP contribution < -0.4 is 5.32 Å². The topological polar surface area (TPSA) is 52.7 Å². The van der Waals surface area contributed by atoms with E-state index in [0.717, 1.165) is 50.3 Å². The van der Waals surface area contributed by atoms with Crippen molar-refractivity contribution >= 4 is 29.1 Å². The normalized spacial score (nSPS) is 18.8. The Hall–Kier alpha value is -1.59. The van der Waals surface area contributed by atoms with E-state index in [9.17, 15) is 9.59 Å². The smallest absolute Gasteiger partial charge is 0.238 e. The summed E-state index contributed by atoms with van der Waals surface area (Å²) in [6.45, 7) is 5.18. The van der Waals surface area contributed by atoms with Crippen molar-refractivity contribution in [3.05, 3.63) is 28.8 Å². The lowest BCUT2D eigenvalue weighted by molar-refractivity contribution is -0.134. The van der Waals surface area contributed by atoms with Gasteiger partial charge in [-0.2, -0.15) is 0 Å². The number of amides is 2. The van der Waals surface area contributed by atoms with Gasteiger partial charge in [0, 0.05) is 42.8 Å². The van der Waals surface area contributed by atoms with Crippen LogP contribution in [0.5, 0.6) is 0 Å². The molecule has 23 heavy (non-hydrogen) atoms. The molecule has 0 spiro atoms. The molecule has 0 atom stereocenters. The van der Waals surface area contributed by atoms with E-state index < -0.39 is 0 Å². The van der Waals surface area contributed by atoms with Gasteiger partial charge in [0.2, 0.25) is 11.8 Å². The molecule has 1 aromatic carbocycles. The molecule has 0 unspecified atom stereocenters. The molecule has 3 rings (SSSR count). The van der Waals surface area contributed by atoms with Crippen LogP contribution in [0, 0.1) is 12.8 Å². The van der Waals surface area contributed by atoms with Crippen LogP contribution >= 0.6 is 11.6 Å². The van der Waals surface area contributed by atoms with Crippen LogP contribution in [0.4, 0.5) is 5.69 Å². The molecule has 1 N–H and O–H groups in total. The number of halogens is 1. The van der Waals surface area contributed by atoms with Crippen molar-refractivity contribution in [3.63, 3.8) is 0 Å². The molecular formula is C17H22ClN3O2. The molecule has 2 amide bonds. The van der Waals surface area contributed by atoms with Crippen molar-refractivity contribution in [2.45, 2.75) is 19.8 Å². The highest BCUT2D eigenvalue weighted by Gasteiger charge is 2.34. The third-order valence-corrected chi connectivity index (χ3v) is 4.93. The average Bonchev–Trinajstić information content (AvgIpc) is 3.37. The first-order valence-corrected chi connectivity index (χ1v) is 8.48. The second kappa shape index (κ2) is 6.89. The number of nitrogens with one attached hydrogen (secondary N) is 1. The van der Waals surface area contributed by atoms with E-state index in [-0.39, 0.29) is 11.8 Å². The monoisotopic (exact) mass is 335 g/mol. The zero-order valence-electron chi connectivity index (χ0n) is 13.3. The Morgan fingerprint density at radius 1 is 1.22 bits per heavy atom. The summed E-state index contributed by atoms with van der Waals surface area (Å²) in [7, 11) is 0. The van der Waals surface area contributed by atoms with Gasteiger partial charge in [0.05, 0.1) is 6.54 Å². The van der Waals surface area contributed by atoms with E-state index in [1.54, 1.807) is 0 Å². The minimum absolute atomic E-state index is 0.0441. The standard InChI is InChI=1S/C17H22ClN3O2/c1-12-14(18)3-2-4-15(12)19-16(22)11-20-7-9-21(10-8-20)17(23)13-5-6-13/h2-4,13H,5-11H2,1H3,(H,19,22). The third-order valence-electron chi connectivity index (χ3n) is 4.52. The van der Waals surface area contributed by atoms with E-state index >= 15 is 0 Å². The molecule has 124 valence electrons. The Morgan fingerprint density at radius 3 is 2.57 bits per heavy atom. The van der Waals surface area contributed by atoms with Gasteiger partial charge < -0.3 is 10.2 Å². The molecule has 1 saturated heterocycles. The predicted octanol–water partition coefficient (Wildman–Crippen LogP) is 2.14. The van der Waals surface area contributed by atoms with Crippen LogP contribution in [0.15, 0.2) is 18.2 Å². The fourth-order valence-electron chi connectivity index (χ4n) is 2.85. The van der Waals surface area contributed by atoms with E-state index in [1.165, 1.54) is 0 Å². The van der Waals surface area contributed by atoms with Gasteiger partial charge in [0.1, 0.15) is 0 Å². The maximum absolute atomic E-state index is 12.2. The third kappa shape index (κ3) is 4.03. The van der Waals surface area contributed by atoms with Crippen LogP contribution in [0.3, 0.4) is 0 Å². The molecule has 0 radical (unpaired) electrons. The predicted molar refractivity (Wildman–Crippen MR) is 90.6 cm³/mol. The molecule has 5 nitrogen and oxygen atoms in total. The molecule has 1 saturated carbocycles. The minimum Gasteiger partial charge on any atom is -0.340 e. The summed E-state index contributed by atoms with van der Waals surface area (Å²) in [4.78, 5) is 28.2. The minimum atomic E-state index is -0.0441. The number of carbonyl (C=O) groups is 2. The van der Waals surface area contributed by atoms with Crippen molar-refractivity contribution in [2.24, 2.45) is 5.92 Å². The van der Waals surface area contributed by atoms with Crippen molar-refractivity contribution in [1.82, 2.24) is 9.80 Å². The van der Waals surface area contributed by atoms with Crippen LogP contribution in [-0.4, -0.2) is 54.3 Å². The molecule has 0 aromatic heterocycles. The molecule has 2 fully saturated rings. The van der Waals surface area contributed by atoms with Crippen molar-refractivity contribution in [2.75, 3.05) is 38.0 Å². The molecule has 1 aliphatic carbocycles. The van der Waals surface area contributed by atoms with Crippen LogP contribution in [0.1, 0.15) is 18.4 Å². The Bertz CT molecular complexity index is 608. The zero-order chi connectivity index (χ0) is 16.4. The second-order valence-electron chi connectivity index (χ2n) is 6.34. The highest BCUT2D eigenvalue weighted by Crippen LogP contribution is 2.31. The first-order chi connectivity index (χ1) is 11.0. The summed E-state index contributed by atoms with van der Waals surface area (Å²) in [5.74, 6) is 0.525. The Kier molecular flexibility index (Phi) is 4.87. The van der Waals surface area contributed by atoms with E-state index in [1.807, 2.05) is 30.0 Å². The molecule has 1 heterocycles. The summed E-state index contributed by atoms with van der Waals surface area (Å²) < 4.78 is 0.